The topological polar surface area (TPSA) is 72.9 Å². The average molecular weight is 346 g/mol. The summed E-state index contributed by atoms with van der Waals surface area (Å²) >= 11 is 0. The molecule has 0 aliphatic carbocycles. The van der Waals surface area contributed by atoms with Crippen LogP contribution in [0.2, 0.25) is 0 Å². The quantitative estimate of drug-likeness (QED) is 0.807. The van der Waals surface area contributed by atoms with Crippen molar-refractivity contribution in [2.75, 3.05) is 6.54 Å². The number of nitrogens with one attached hydrogen (secondary N) is 1. The Bertz CT molecular complexity index is 718. The summed E-state index contributed by atoms with van der Waals surface area (Å²) in [5.74, 6) is -0.416. The lowest BCUT2D eigenvalue weighted by Gasteiger charge is -2.26. The van der Waals surface area contributed by atoms with Crippen molar-refractivity contribution in [3.05, 3.63) is 47.5 Å². The standard InChI is InChI=1S/C19H27FN4O/c1-5-19(21,6-2)12-22-18(25)16-11-23-24(17(16)13(3)4)15-9-7-14(20)8-10-15/h7-11,13H,5-6,12,21H2,1-4H3,(H,22,25). The first-order chi connectivity index (χ1) is 11.8. The van der Waals surface area contributed by atoms with Crippen LogP contribution in [0.5, 0.6) is 0 Å². The summed E-state index contributed by atoms with van der Waals surface area (Å²) in [5, 5.41) is 7.28. The molecular weight excluding hydrogens is 319 g/mol. The molecule has 0 aliphatic rings. The molecule has 0 saturated carbocycles. The first kappa shape index (κ1) is 19.1. The van der Waals surface area contributed by atoms with Crippen molar-refractivity contribution in [3.63, 3.8) is 0 Å². The molecule has 1 heterocycles. The minimum atomic E-state index is -0.402. The molecule has 1 aromatic heterocycles. The van der Waals surface area contributed by atoms with Crippen molar-refractivity contribution in [1.29, 1.82) is 0 Å². The highest BCUT2D eigenvalue weighted by molar-refractivity contribution is 5.95. The first-order valence-electron chi connectivity index (χ1n) is 8.72. The summed E-state index contributed by atoms with van der Waals surface area (Å²) in [6.45, 7) is 8.44. The highest BCUT2D eigenvalue weighted by Gasteiger charge is 2.24. The largest absolute Gasteiger partial charge is 0.350 e. The van der Waals surface area contributed by atoms with Gasteiger partial charge in [0.05, 0.1) is 23.1 Å². The van der Waals surface area contributed by atoms with E-state index in [4.69, 9.17) is 5.73 Å². The van der Waals surface area contributed by atoms with Crippen LogP contribution < -0.4 is 11.1 Å². The van der Waals surface area contributed by atoms with Gasteiger partial charge in [0.1, 0.15) is 5.82 Å². The van der Waals surface area contributed by atoms with Crippen molar-refractivity contribution >= 4 is 5.91 Å². The van der Waals surface area contributed by atoms with E-state index in [1.54, 1.807) is 23.0 Å². The second kappa shape index (κ2) is 7.78. The van der Waals surface area contributed by atoms with Gasteiger partial charge in [0.2, 0.25) is 0 Å². The Balaban J connectivity index is 2.29. The van der Waals surface area contributed by atoms with Gasteiger partial charge in [-0.1, -0.05) is 27.7 Å². The number of hydrogen-bond acceptors (Lipinski definition) is 3. The lowest BCUT2D eigenvalue weighted by molar-refractivity contribution is 0.0941. The van der Waals surface area contributed by atoms with E-state index in [1.807, 2.05) is 27.7 Å². The molecule has 0 atom stereocenters. The fourth-order valence-electron chi connectivity index (χ4n) is 2.73. The van der Waals surface area contributed by atoms with Crippen LogP contribution in [0.15, 0.2) is 30.5 Å². The van der Waals surface area contributed by atoms with Gasteiger partial charge in [-0.2, -0.15) is 5.10 Å². The maximum atomic E-state index is 13.2. The van der Waals surface area contributed by atoms with Crippen LogP contribution in [0.1, 0.15) is 62.5 Å². The Morgan fingerprint density at radius 3 is 2.40 bits per heavy atom. The van der Waals surface area contributed by atoms with E-state index in [0.29, 0.717) is 12.1 Å². The number of aromatic nitrogens is 2. The van der Waals surface area contributed by atoms with Crippen LogP contribution in [-0.4, -0.2) is 27.8 Å². The van der Waals surface area contributed by atoms with Crippen LogP contribution in [-0.2, 0) is 0 Å². The number of nitrogens with zero attached hydrogens (tertiary/aromatic N) is 2. The highest BCUT2D eigenvalue weighted by atomic mass is 19.1. The van der Waals surface area contributed by atoms with Crippen molar-refractivity contribution in [2.24, 2.45) is 5.73 Å². The second-order valence-electron chi connectivity index (χ2n) is 6.74. The summed E-state index contributed by atoms with van der Waals surface area (Å²) < 4.78 is 14.9. The molecule has 0 unspecified atom stereocenters. The Labute approximate surface area is 148 Å². The molecule has 2 aromatic rings. The van der Waals surface area contributed by atoms with E-state index in [1.165, 1.54) is 12.1 Å². The maximum Gasteiger partial charge on any atom is 0.254 e. The van der Waals surface area contributed by atoms with E-state index in [0.717, 1.165) is 24.2 Å². The van der Waals surface area contributed by atoms with E-state index in [-0.39, 0.29) is 17.6 Å². The third-order valence-electron chi connectivity index (χ3n) is 4.68. The zero-order valence-electron chi connectivity index (χ0n) is 15.3. The summed E-state index contributed by atoms with van der Waals surface area (Å²) in [4.78, 5) is 12.7. The third-order valence-corrected chi connectivity index (χ3v) is 4.68. The Hall–Kier alpha value is -2.21. The van der Waals surface area contributed by atoms with Crippen molar-refractivity contribution in [2.45, 2.75) is 52.0 Å². The van der Waals surface area contributed by atoms with Gasteiger partial charge in [0.15, 0.2) is 0 Å². The summed E-state index contributed by atoms with van der Waals surface area (Å²) in [6.07, 6.45) is 3.13. The molecule has 1 amide bonds. The molecule has 0 radical (unpaired) electrons. The van der Waals surface area contributed by atoms with Crippen LogP contribution in [0.25, 0.3) is 5.69 Å². The number of halogens is 1. The molecule has 0 saturated heterocycles. The van der Waals surface area contributed by atoms with E-state index < -0.39 is 5.54 Å². The van der Waals surface area contributed by atoms with E-state index in [2.05, 4.69) is 10.4 Å². The van der Waals surface area contributed by atoms with Gasteiger partial charge in [-0.15, -0.1) is 0 Å². The normalized spacial score (nSPS) is 11.8. The van der Waals surface area contributed by atoms with Crippen LogP contribution in [0.4, 0.5) is 4.39 Å². The van der Waals surface area contributed by atoms with Gasteiger partial charge < -0.3 is 11.1 Å². The summed E-state index contributed by atoms with van der Waals surface area (Å²) in [6, 6.07) is 6.06. The Morgan fingerprint density at radius 2 is 1.88 bits per heavy atom. The third kappa shape index (κ3) is 4.25. The van der Waals surface area contributed by atoms with Crippen molar-refractivity contribution < 1.29 is 9.18 Å². The van der Waals surface area contributed by atoms with Gasteiger partial charge in [0, 0.05) is 12.1 Å². The number of carbonyl (C=O) groups excluding carboxylic acids is 1. The number of nitrogens with two attached hydrogens (primary N) is 1. The number of hydrogen-bond donors (Lipinski definition) is 2. The highest BCUT2D eigenvalue weighted by Crippen LogP contribution is 2.23. The van der Waals surface area contributed by atoms with E-state index >= 15 is 0 Å². The lowest BCUT2D eigenvalue weighted by atomic mass is 9.94. The molecule has 136 valence electrons. The minimum Gasteiger partial charge on any atom is -0.350 e. The molecule has 5 nitrogen and oxygen atoms in total. The summed E-state index contributed by atoms with van der Waals surface area (Å²) in [5.41, 5.74) is 7.89. The zero-order valence-corrected chi connectivity index (χ0v) is 15.3. The van der Waals surface area contributed by atoms with Crippen LogP contribution in [0, 0.1) is 5.82 Å². The molecule has 0 fully saturated rings. The molecule has 1 aromatic carbocycles. The predicted octanol–water partition coefficient (Wildman–Crippen LogP) is 3.38. The first-order valence-corrected chi connectivity index (χ1v) is 8.72. The Kier molecular flexibility index (Phi) is 5.95. The monoisotopic (exact) mass is 346 g/mol. The van der Waals surface area contributed by atoms with Crippen LogP contribution in [0.3, 0.4) is 0 Å². The lowest BCUT2D eigenvalue weighted by Crippen LogP contribution is -2.49. The molecule has 0 aliphatic heterocycles. The maximum absolute atomic E-state index is 13.2. The van der Waals surface area contributed by atoms with Crippen molar-refractivity contribution in [3.8, 4) is 5.69 Å². The minimum absolute atomic E-state index is 0.0771. The second-order valence-corrected chi connectivity index (χ2v) is 6.74. The van der Waals surface area contributed by atoms with Gasteiger partial charge in [-0.05, 0) is 43.0 Å². The number of benzene rings is 1. The molecule has 6 heteroatoms. The van der Waals surface area contributed by atoms with Crippen molar-refractivity contribution in [1.82, 2.24) is 15.1 Å². The molecule has 25 heavy (non-hydrogen) atoms. The fraction of sp³-hybridized carbons (Fsp3) is 0.474. The number of carbonyl (C=O) groups is 1. The zero-order chi connectivity index (χ0) is 18.6. The fourth-order valence-corrected chi connectivity index (χ4v) is 2.73. The molecule has 2 rings (SSSR count). The molecular formula is C19H27FN4O. The SMILES string of the molecule is CCC(N)(CC)CNC(=O)c1cnn(-c2ccc(F)cc2)c1C(C)C. The molecule has 3 N–H and O–H groups in total. The number of rotatable bonds is 7. The smallest absolute Gasteiger partial charge is 0.254 e. The number of amides is 1. The van der Waals surface area contributed by atoms with Gasteiger partial charge in [-0.3, -0.25) is 4.79 Å². The van der Waals surface area contributed by atoms with Gasteiger partial charge in [-0.25, -0.2) is 9.07 Å². The summed E-state index contributed by atoms with van der Waals surface area (Å²) in [7, 11) is 0. The Morgan fingerprint density at radius 1 is 1.28 bits per heavy atom. The van der Waals surface area contributed by atoms with Gasteiger partial charge in [0.25, 0.3) is 5.91 Å². The van der Waals surface area contributed by atoms with Crippen LogP contribution >= 0.6 is 0 Å². The molecule has 0 bridgehead atoms. The average Bonchev–Trinajstić information content (AvgIpc) is 3.05. The molecule has 0 spiro atoms. The predicted molar refractivity (Wildman–Crippen MR) is 97.4 cm³/mol. The van der Waals surface area contributed by atoms with E-state index in [9.17, 15) is 9.18 Å². The van der Waals surface area contributed by atoms with Gasteiger partial charge >= 0.3 is 0 Å².